The third kappa shape index (κ3) is 18.1. The molecule has 0 aromatic heterocycles. The molecule has 0 unspecified atom stereocenters. The van der Waals surface area contributed by atoms with Crippen LogP contribution in [0.3, 0.4) is 0 Å². The van der Waals surface area contributed by atoms with Crippen LogP contribution in [0.2, 0.25) is 0 Å². The van der Waals surface area contributed by atoms with Crippen molar-refractivity contribution in [3.05, 3.63) is 0 Å². The van der Waals surface area contributed by atoms with Crippen molar-refractivity contribution in [2.75, 3.05) is 0 Å². The molecule has 0 fully saturated rings. The van der Waals surface area contributed by atoms with Crippen LogP contribution in [0.4, 0.5) is 0 Å². The summed E-state index contributed by atoms with van der Waals surface area (Å²) in [5, 5.41) is 0. The van der Waals surface area contributed by atoms with E-state index >= 15 is 0 Å². The zero-order valence-electron chi connectivity index (χ0n) is 2.84. The second-order valence-electron chi connectivity index (χ2n) is 0. The van der Waals surface area contributed by atoms with Crippen LogP contribution >= 0.6 is 0 Å². The summed E-state index contributed by atoms with van der Waals surface area (Å²) in [5.41, 5.74) is 0. The van der Waals surface area contributed by atoms with Gasteiger partial charge in [0.2, 0.25) is 0 Å². The molecular formula is Br3KMg. The summed E-state index contributed by atoms with van der Waals surface area (Å²) >= 11 is 0. The van der Waals surface area contributed by atoms with Gasteiger partial charge in [-0.3, -0.25) is 0 Å². The van der Waals surface area contributed by atoms with Crippen molar-refractivity contribution in [2.45, 2.75) is 0 Å². The van der Waals surface area contributed by atoms with Gasteiger partial charge in [-0.1, -0.05) is 0 Å². The van der Waals surface area contributed by atoms with E-state index in [9.17, 15) is 0 Å². The molecule has 0 N–H and O–H groups in total. The zero-order chi connectivity index (χ0) is 0. The molecule has 0 heterocycles. The zero-order valence-corrected chi connectivity index (χ0v) is 12.1. The Morgan fingerprint density at radius 1 is 0.600 bits per heavy atom. The molecule has 0 saturated heterocycles. The van der Waals surface area contributed by atoms with Gasteiger partial charge in [0.25, 0.3) is 0 Å². The Labute approximate surface area is 122 Å². The third-order valence-corrected chi connectivity index (χ3v) is 0. The Morgan fingerprint density at radius 2 is 0.600 bits per heavy atom. The van der Waals surface area contributed by atoms with Crippen molar-refractivity contribution in [1.82, 2.24) is 0 Å². The van der Waals surface area contributed by atoms with Gasteiger partial charge >= 0.3 is 74.4 Å². The molecule has 0 rings (SSSR count). The molecule has 0 aliphatic heterocycles. The fourth-order valence-corrected chi connectivity index (χ4v) is 0. The van der Waals surface area contributed by atoms with Gasteiger partial charge in [-0.2, -0.15) is 0 Å². The van der Waals surface area contributed by atoms with Gasteiger partial charge in [-0.15, -0.1) is 0 Å². The number of rotatable bonds is 0. The molecule has 0 amide bonds. The van der Waals surface area contributed by atoms with Crippen LogP contribution in [0.25, 0.3) is 0 Å². The van der Waals surface area contributed by atoms with Crippen molar-refractivity contribution < 1.29 is 102 Å². The van der Waals surface area contributed by atoms with E-state index in [0.29, 0.717) is 0 Å². The Morgan fingerprint density at radius 3 is 0.600 bits per heavy atom. The Balaban J connectivity index is 0. The predicted octanol–water partition coefficient (Wildman–Crippen LogP) is -12.4. The average Bonchev–Trinajstić information content (AvgIpc) is 0. The molecule has 0 atom stereocenters. The maximum Gasteiger partial charge on any atom is 2.00 e. The van der Waals surface area contributed by atoms with Gasteiger partial charge in [-0.05, 0) is 0 Å². The van der Waals surface area contributed by atoms with E-state index in [1.165, 1.54) is 0 Å². The van der Waals surface area contributed by atoms with Gasteiger partial charge in [0.1, 0.15) is 0 Å². The fraction of sp³-hybridized carbons (Fsp3) is 0. The van der Waals surface area contributed by atoms with Crippen LogP contribution in [0, 0.1) is 0 Å². The number of halogens is 3. The molecular weight excluding hydrogens is 303 g/mol. The Bertz CT molecular complexity index is 6.85. The molecule has 0 aliphatic rings. The molecule has 0 bridgehead atoms. The summed E-state index contributed by atoms with van der Waals surface area (Å²) in [6.07, 6.45) is 0. The second-order valence-corrected chi connectivity index (χ2v) is 0. The summed E-state index contributed by atoms with van der Waals surface area (Å²) in [5.74, 6) is 0. The van der Waals surface area contributed by atoms with Crippen LogP contribution in [0.5, 0.6) is 0 Å². The Kier molecular flexibility index (Phi) is 183. The van der Waals surface area contributed by atoms with Crippen molar-refractivity contribution in [2.24, 2.45) is 0 Å². The summed E-state index contributed by atoms with van der Waals surface area (Å²) < 4.78 is 0. The maximum absolute atomic E-state index is 0. The number of hydrogen-bond acceptors (Lipinski definition) is 0. The van der Waals surface area contributed by atoms with Gasteiger partial charge in [0.05, 0.1) is 0 Å². The van der Waals surface area contributed by atoms with E-state index in [1.807, 2.05) is 0 Å². The summed E-state index contributed by atoms with van der Waals surface area (Å²) in [6.45, 7) is 0. The van der Waals surface area contributed by atoms with Crippen LogP contribution in [0.15, 0.2) is 0 Å². The molecule has 0 nitrogen and oxygen atoms in total. The third-order valence-electron chi connectivity index (χ3n) is 0. The fourth-order valence-electron chi connectivity index (χ4n) is 0. The maximum atomic E-state index is 0. The normalized spacial score (nSPS) is 0. The van der Waals surface area contributed by atoms with Crippen LogP contribution < -0.4 is 102 Å². The van der Waals surface area contributed by atoms with Crippen LogP contribution in [0.1, 0.15) is 0 Å². The minimum Gasteiger partial charge on any atom is -1.00 e. The molecule has 0 saturated carbocycles. The van der Waals surface area contributed by atoms with Crippen LogP contribution in [-0.4, -0.2) is 23.1 Å². The monoisotopic (exact) mass is 300 g/mol. The first kappa shape index (κ1) is 36.8. The van der Waals surface area contributed by atoms with Gasteiger partial charge < -0.3 is 50.9 Å². The predicted molar refractivity (Wildman–Crippen MR) is 5.75 cm³/mol. The van der Waals surface area contributed by atoms with Crippen molar-refractivity contribution in [1.29, 1.82) is 0 Å². The van der Waals surface area contributed by atoms with Crippen molar-refractivity contribution in [3.8, 4) is 0 Å². The quantitative estimate of drug-likeness (QED) is 0.390. The molecule has 24 valence electrons. The van der Waals surface area contributed by atoms with E-state index < -0.39 is 0 Å². The first-order chi connectivity index (χ1) is 0. The van der Waals surface area contributed by atoms with E-state index in [0.717, 1.165) is 0 Å². The van der Waals surface area contributed by atoms with Gasteiger partial charge in [0, 0.05) is 0 Å². The molecule has 5 heavy (non-hydrogen) atoms. The molecule has 0 aromatic rings. The van der Waals surface area contributed by atoms with E-state index in [2.05, 4.69) is 0 Å². The number of hydrogen-bond donors (Lipinski definition) is 0. The van der Waals surface area contributed by atoms with Crippen molar-refractivity contribution >= 4 is 23.1 Å². The first-order valence-corrected chi connectivity index (χ1v) is 0. The summed E-state index contributed by atoms with van der Waals surface area (Å²) in [6, 6.07) is 0. The molecule has 0 radical (unpaired) electrons. The largest absolute Gasteiger partial charge is 2.00 e. The van der Waals surface area contributed by atoms with E-state index in [4.69, 9.17) is 0 Å². The molecule has 0 spiro atoms. The SMILES string of the molecule is [Br-].[Br-].[Br-].[K+].[Mg+2]. The van der Waals surface area contributed by atoms with Gasteiger partial charge in [-0.25, -0.2) is 0 Å². The molecule has 5 heteroatoms. The topological polar surface area (TPSA) is 0 Å². The minimum atomic E-state index is 0. The first-order valence-electron chi connectivity index (χ1n) is 0. The smallest absolute Gasteiger partial charge is 1.00 e. The molecule has 0 aromatic carbocycles. The van der Waals surface area contributed by atoms with E-state index in [-0.39, 0.29) is 125 Å². The van der Waals surface area contributed by atoms with Crippen LogP contribution in [-0.2, 0) is 0 Å². The van der Waals surface area contributed by atoms with Gasteiger partial charge in [0.15, 0.2) is 0 Å². The van der Waals surface area contributed by atoms with Crippen molar-refractivity contribution in [3.63, 3.8) is 0 Å². The van der Waals surface area contributed by atoms with E-state index in [1.54, 1.807) is 0 Å². The Hall–Kier alpha value is 3.84. The second kappa shape index (κ2) is 24.9. The summed E-state index contributed by atoms with van der Waals surface area (Å²) in [4.78, 5) is 0. The summed E-state index contributed by atoms with van der Waals surface area (Å²) in [7, 11) is 0. The standard InChI is InChI=1S/3BrH.K.Mg/h3*1H;;/q;;;+1;+2/p-3. The molecule has 0 aliphatic carbocycles. The minimum absolute atomic E-state index is 0. The average molecular weight is 303 g/mol.